The molecule has 0 unspecified atom stereocenters. The molecule has 162 valence electrons. The first kappa shape index (κ1) is 21.3. The maximum Gasteiger partial charge on any atom is 0.266 e. The Bertz CT molecular complexity index is 1230. The molecular formula is C24H17Cl3N2O3. The second-order valence-electron chi connectivity index (χ2n) is 7.72. The second-order valence-corrected chi connectivity index (χ2v) is 8.97. The van der Waals surface area contributed by atoms with Gasteiger partial charge in [0.25, 0.3) is 5.91 Å². The first-order valence-corrected chi connectivity index (χ1v) is 11.1. The van der Waals surface area contributed by atoms with Crippen LogP contribution in [0.3, 0.4) is 0 Å². The van der Waals surface area contributed by atoms with E-state index in [9.17, 15) is 9.59 Å². The summed E-state index contributed by atoms with van der Waals surface area (Å²) in [4.78, 5) is 34.4. The van der Waals surface area contributed by atoms with E-state index in [1.54, 1.807) is 48.4 Å². The highest BCUT2D eigenvalue weighted by molar-refractivity contribution is 6.35. The zero-order chi connectivity index (χ0) is 22.6. The van der Waals surface area contributed by atoms with Crippen LogP contribution in [0.25, 0.3) is 0 Å². The largest absolute Gasteiger partial charge is 0.273 e. The zero-order valence-electron chi connectivity index (χ0n) is 16.8. The third kappa shape index (κ3) is 3.28. The predicted molar refractivity (Wildman–Crippen MR) is 125 cm³/mol. The first-order chi connectivity index (χ1) is 15.4. The molecule has 2 aliphatic rings. The summed E-state index contributed by atoms with van der Waals surface area (Å²) in [5.74, 6) is -1.58. The van der Waals surface area contributed by atoms with Crippen molar-refractivity contribution in [3.05, 3.63) is 92.9 Å². The van der Waals surface area contributed by atoms with Gasteiger partial charge in [0.1, 0.15) is 5.92 Å². The van der Waals surface area contributed by atoms with Gasteiger partial charge in [0.2, 0.25) is 5.91 Å². The van der Waals surface area contributed by atoms with Gasteiger partial charge in [-0.3, -0.25) is 14.4 Å². The molecule has 8 heteroatoms. The van der Waals surface area contributed by atoms with Crippen molar-refractivity contribution in [2.75, 3.05) is 9.96 Å². The number of fused-ring (bicyclic) bond motifs is 1. The molecule has 2 saturated heterocycles. The molecule has 2 aliphatic heterocycles. The number of para-hydroxylation sites is 1. The van der Waals surface area contributed by atoms with Crippen LogP contribution >= 0.6 is 34.8 Å². The highest BCUT2D eigenvalue weighted by Gasteiger charge is 2.60. The van der Waals surface area contributed by atoms with Gasteiger partial charge in [-0.25, -0.2) is 9.96 Å². The smallest absolute Gasteiger partial charge is 0.266 e. The Morgan fingerprint density at radius 2 is 1.59 bits per heavy atom. The molecule has 0 aromatic heterocycles. The van der Waals surface area contributed by atoms with E-state index in [2.05, 4.69) is 0 Å². The quantitative estimate of drug-likeness (QED) is 0.425. The van der Waals surface area contributed by atoms with Gasteiger partial charge in [-0.2, -0.15) is 0 Å². The average Bonchev–Trinajstić information content (AvgIpc) is 3.27. The summed E-state index contributed by atoms with van der Waals surface area (Å²) in [7, 11) is 0. The number of nitrogens with zero attached hydrogens (tertiary/aromatic N) is 2. The molecule has 0 N–H and O–H groups in total. The van der Waals surface area contributed by atoms with Crippen molar-refractivity contribution in [2.45, 2.75) is 19.1 Å². The van der Waals surface area contributed by atoms with E-state index in [0.29, 0.717) is 37.6 Å². The summed E-state index contributed by atoms with van der Waals surface area (Å²) in [6.07, 6.45) is -0.988. The van der Waals surface area contributed by atoms with Crippen LogP contribution in [0, 0.1) is 12.8 Å². The molecule has 3 aromatic carbocycles. The van der Waals surface area contributed by atoms with Crippen molar-refractivity contribution < 1.29 is 14.4 Å². The number of hydroxylamine groups is 1. The Morgan fingerprint density at radius 1 is 0.844 bits per heavy atom. The number of benzene rings is 3. The van der Waals surface area contributed by atoms with Crippen LogP contribution in [0.2, 0.25) is 15.1 Å². The van der Waals surface area contributed by atoms with E-state index in [0.717, 1.165) is 0 Å². The summed E-state index contributed by atoms with van der Waals surface area (Å²) in [5.41, 5.74) is 2.47. The number of halogens is 3. The zero-order valence-corrected chi connectivity index (χ0v) is 19.1. The molecule has 5 rings (SSSR count). The summed E-state index contributed by atoms with van der Waals surface area (Å²) < 4.78 is 0. The summed E-state index contributed by atoms with van der Waals surface area (Å²) in [6.45, 7) is 1.77. The van der Waals surface area contributed by atoms with Crippen LogP contribution in [-0.2, 0) is 14.4 Å². The molecule has 2 heterocycles. The van der Waals surface area contributed by atoms with Gasteiger partial charge in [-0.15, -0.1) is 0 Å². The maximum absolute atomic E-state index is 13.7. The highest BCUT2D eigenvalue weighted by Crippen LogP contribution is 2.49. The van der Waals surface area contributed by atoms with Crippen molar-refractivity contribution in [3.8, 4) is 0 Å². The molecule has 5 nitrogen and oxygen atoms in total. The van der Waals surface area contributed by atoms with Crippen LogP contribution in [0.15, 0.2) is 66.7 Å². The van der Waals surface area contributed by atoms with Gasteiger partial charge < -0.3 is 0 Å². The lowest BCUT2D eigenvalue weighted by Gasteiger charge is -2.29. The third-order valence-corrected chi connectivity index (χ3v) is 6.86. The van der Waals surface area contributed by atoms with E-state index in [-0.39, 0.29) is 5.91 Å². The molecule has 3 aromatic rings. The third-order valence-electron chi connectivity index (χ3n) is 5.89. The lowest BCUT2D eigenvalue weighted by molar-refractivity contribution is -0.126. The molecule has 0 radical (unpaired) electrons. The summed E-state index contributed by atoms with van der Waals surface area (Å²) >= 11 is 18.9. The number of amides is 2. The van der Waals surface area contributed by atoms with E-state index < -0.39 is 24.0 Å². The van der Waals surface area contributed by atoms with Crippen LogP contribution in [0.5, 0.6) is 0 Å². The minimum absolute atomic E-state index is 0.361. The lowest BCUT2D eigenvalue weighted by Crippen LogP contribution is -2.37. The Labute approximate surface area is 200 Å². The van der Waals surface area contributed by atoms with Gasteiger partial charge >= 0.3 is 0 Å². The molecule has 0 spiro atoms. The van der Waals surface area contributed by atoms with Crippen LogP contribution in [0.4, 0.5) is 11.4 Å². The van der Waals surface area contributed by atoms with E-state index >= 15 is 0 Å². The molecule has 0 saturated carbocycles. The summed E-state index contributed by atoms with van der Waals surface area (Å²) in [5, 5.41) is 2.95. The van der Waals surface area contributed by atoms with Gasteiger partial charge in [0.05, 0.1) is 17.4 Å². The minimum Gasteiger partial charge on any atom is -0.273 e. The van der Waals surface area contributed by atoms with Gasteiger partial charge in [0, 0.05) is 15.1 Å². The average molecular weight is 488 g/mol. The molecule has 2 amide bonds. The molecular weight excluding hydrogens is 471 g/mol. The van der Waals surface area contributed by atoms with Crippen molar-refractivity contribution in [3.63, 3.8) is 0 Å². The minimum atomic E-state index is -0.988. The number of hydrogen-bond donors (Lipinski definition) is 0. The first-order valence-electron chi connectivity index (χ1n) is 9.97. The number of carbonyl (C=O) groups is 2. The van der Waals surface area contributed by atoms with Crippen molar-refractivity contribution in [1.82, 2.24) is 0 Å². The maximum atomic E-state index is 13.7. The molecule has 32 heavy (non-hydrogen) atoms. The van der Waals surface area contributed by atoms with E-state index in [1.807, 2.05) is 30.3 Å². The summed E-state index contributed by atoms with van der Waals surface area (Å²) in [6, 6.07) is 18.9. The standard InChI is InChI=1S/C24H17Cl3N2O3/c1-13-17(26)8-5-9-19(13)28-23(30)20-21(16-11-10-14(25)12-18(16)27)29(32-22(20)24(28)31)15-6-3-2-4-7-15/h2-12,20-22H,1H3/t20-,21+,22-/m1/s1. The molecule has 2 fully saturated rings. The van der Waals surface area contributed by atoms with Crippen molar-refractivity contribution in [1.29, 1.82) is 0 Å². The van der Waals surface area contributed by atoms with E-state index in [1.165, 1.54) is 4.90 Å². The Hall–Kier alpha value is -2.57. The molecule has 0 bridgehead atoms. The topological polar surface area (TPSA) is 49.9 Å². The van der Waals surface area contributed by atoms with Crippen LogP contribution < -0.4 is 9.96 Å². The normalized spacial score (nSPS) is 22.6. The predicted octanol–water partition coefficient (Wildman–Crippen LogP) is 6.01. The van der Waals surface area contributed by atoms with Gasteiger partial charge in [-0.05, 0) is 54.4 Å². The highest BCUT2D eigenvalue weighted by atomic mass is 35.5. The van der Waals surface area contributed by atoms with Crippen LogP contribution in [-0.4, -0.2) is 17.9 Å². The fourth-order valence-corrected chi connectivity index (χ4v) is 5.04. The lowest BCUT2D eigenvalue weighted by atomic mass is 9.90. The van der Waals surface area contributed by atoms with Crippen molar-refractivity contribution >= 4 is 58.0 Å². The Morgan fingerprint density at radius 3 is 2.31 bits per heavy atom. The second kappa shape index (κ2) is 8.09. The SMILES string of the molecule is Cc1c(Cl)cccc1N1C(=O)[C@H]2[C@@H](ON(c3ccccc3)[C@H]2c2ccc(Cl)cc2Cl)C1=O. The van der Waals surface area contributed by atoms with Crippen LogP contribution in [0.1, 0.15) is 17.2 Å². The fraction of sp³-hybridized carbons (Fsp3) is 0.167. The number of imide groups is 1. The number of hydrogen-bond acceptors (Lipinski definition) is 4. The number of anilines is 2. The fourth-order valence-electron chi connectivity index (χ4n) is 4.35. The number of rotatable bonds is 3. The number of carbonyl (C=O) groups excluding carboxylic acids is 2. The van der Waals surface area contributed by atoms with Crippen molar-refractivity contribution in [2.24, 2.45) is 5.92 Å². The molecule has 3 atom stereocenters. The molecule has 0 aliphatic carbocycles. The van der Waals surface area contributed by atoms with Gasteiger partial charge in [0.15, 0.2) is 6.10 Å². The van der Waals surface area contributed by atoms with E-state index in [4.69, 9.17) is 39.6 Å². The Kier molecular flexibility index (Phi) is 5.38. The monoisotopic (exact) mass is 486 g/mol. The van der Waals surface area contributed by atoms with Gasteiger partial charge in [-0.1, -0.05) is 65.1 Å². The Balaban J connectivity index is 1.63.